The van der Waals surface area contributed by atoms with Gasteiger partial charge in [-0.3, -0.25) is 4.79 Å². The number of hydrogen-bond acceptors (Lipinski definition) is 2. The zero-order valence-corrected chi connectivity index (χ0v) is 9.87. The summed E-state index contributed by atoms with van der Waals surface area (Å²) in [6.07, 6.45) is 11.3. The van der Waals surface area contributed by atoms with Crippen molar-refractivity contribution in [1.29, 1.82) is 0 Å². The second kappa shape index (κ2) is 6.65. The summed E-state index contributed by atoms with van der Waals surface area (Å²) in [7, 11) is 0. The van der Waals surface area contributed by atoms with E-state index in [1.54, 1.807) is 0 Å². The van der Waals surface area contributed by atoms with Crippen LogP contribution in [0.4, 0.5) is 0 Å². The number of carbonyl (C=O) groups is 1. The van der Waals surface area contributed by atoms with Crippen molar-refractivity contribution in [3.05, 3.63) is 12.2 Å². The summed E-state index contributed by atoms with van der Waals surface area (Å²) >= 11 is 0. The number of allylic oxidation sites excluding steroid dienone is 1. The molecule has 0 radical (unpaired) electrons. The number of esters is 1. The van der Waals surface area contributed by atoms with Gasteiger partial charge in [-0.2, -0.15) is 0 Å². The van der Waals surface area contributed by atoms with Crippen LogP contribution in [0.15, 0.2) is 12.2 Å². The molecule has 1 aliphatic heterocycles. The Hall–Kier alpha value is -0.790. The predicted octanol–water partition coefficient (Wildman–Crippen LogP) is 3.46. The van der Waals surface area contributed by atoms with Gasteiger partial charge in [0.05, 0.1) is 6.42 Å². The van der Waals surface area contributed by atoms with E-state index in [9.17, 15) is 4.79 Å². The van der Waals surface area contributed by atoms with Crippen LogP contribution in [0, 0.1) is 5.92 Å². The number of hydrogen-bond donors (Lipinski definition) is 0. The van der Waals surface area contributed by atoms with Crippen molar-refractivity contribution in [3.63, 3.8) is 0 Å². The van der Waals surface area contributed by atoms with Gasteiger partial charge in [0, 0.05) is 5.92 Å². The Morgan fingerprint density at radius 1 is 1.40 bits per heavy atom. The molecule has 0 N–H and O–H groups in total. The van der Waals surface area contributed by atoms with Gasteiger partial charge in [0.15, 0.2) is 0 Å². The lowest BCUT2D eigenvalue weighted by atomic mass is 10.0. The highest BCUT2D eigenvalue weighted by Gasteiger charge is 2.28. The first-order valence-electron chi connectivity index (χ1n) is 6.10. The number of rotatable bonds is 6. The van der Waals surface area contributed by atoms with Gasteiger partial charge in [0.1, 0.15) is 6.10 Å². The van der Waals surface area contributed by atoms with E-state index in [0.717, 1.165) is 6.42 Å². The van der Waals surface area contributed by atoms with Crippen LogP contribution in [0.1, 0.15) is 52.4 Å². The second-order valence-corrected chi connectivity index (χ2v) is 4.34. The zero-order chi connectivity index (χ0) is 11.1. The molecular formula is C13H22O2. The van der Waals surface area contributed by atoms with Crippen LogP contribution in [0.3, 0.4) is 0 Å². The summed E-state index contributed by atoms with van der Waals surface area (Å²) < 4.78 is 5.08. The van der Waals surface area contributed by atoms with E-state index in [-0.39, 0.29) is 12.1 Å². The Labute approximate surface area is 92.7 Å². The maximum Gasteiger partial charge on any atom is 0.306 e. The molecule has 0 aliphatic carbocycles. The first kappa shape index (κ1) is 12.3. The minimum atomic E-state index is -0.0527. The molecule has 1 heterocycles. The van der Waals surface area contributed by atoms with Gasteiger partial charge < -0.3 is 4.74 Å². The summed E-state index contributed by atoms with van der Waals surface area (Å²) in [6.45, 7) is 4.19. The minimum Gasteiger partial charge on any atom is -0.462 e. The fraction of sp³-hybridized carbons (Fsp3) is 0.769. The molecule has 0 aromatic heterocycles. The van der Waals surface area contributed by atoms with Gasteiger partial charge in [0.2, 0.25) is 0 Å². The van der Waals surface area contributed by atoms with Crippen molar-refractivity contribution in [2.75, 3.05) is 0 Å². The molecule has 1 fully saturated rings. The van der Waals surface area contributed by atoms with Gasteiger partial charge in [-0.1, -0.05) is 38.3 Å². The lowest BCUT2D eigenvalue weighted by Gasteiger charge is -2.06. The summed E-state index contributed by atoms with van der Waals surface area (Å²) in [5, 5.41) is 0. The molecule has 0 aromatic carbocycles. The van der Waals surface area contributed by atoms with E-state index in [4.69, 9.17) is 4.74 Å². The van der Waals surface area contributed by atoms with E-state index in [1.165, 1.54) is 25.7 Å². The molecule has 1 aliphatic rings. The first-order valence-corrected chi connectivity index (χ1v) is 6.10. The average Bonchev–Trinajstić information content (AvgIpc) is 2.51. The highest BCUT2D eigenvalue weighted by molar-refractivity contribution is 5.72. The van der Waals surface area contributed by atoms with Crippen LogP contribution in [-0.4, -0.2) is 12.1 Å². The Kier molecular flexibility index (Phi) is 5.44. The first-order chi connectivity index (χ1) is 7.24. The maximum absolute atomic E-state index is 11.0. The molecule has 2 atom stereocenters. The Morgan fingerprint density at radius 2 is 2.20 bits per heavy atom. The smallest absolute Gasteiger partial charge is 0.306 e. The van der Waals surface area contributed by atoms with Crippen molar-refractivity contribution in [1.82, 2.24) is 0 Å². The monoisotopic (exact) mass is 210 g/mol. The Morgan fingerprint density at radius 3 is 2.80 bits per heavy atom. The van der Waals surface area contributed by atoms with Gasteiger partial charge in [-0.15, -0.1) is 0 Å². The molecule has 2 nitrogen and oxygen atoms in total. The SMILES string of the molecule is CCCCCC/C=C/C1CC(=O)OC1C. The number of ether oxygens (including phenoxy) is 1. The molecule has 0 bridgehead atoms. The van der Waals surface area contributed by atoms with Crippen molar-refractivity contribution in [2.24, 2.45) is 5.92 Å². The third-order valence-electron chi connectivity index (χ3n) is 2.93. The third-order valence-corrected chi connectivity index (χ3v) is 2.93. The second-order valence-electron chi connectivity index (χ2n) is 4.34. The topological polar surface area (TPSA) is 26.3 Å². The number of carbonyl (C=O) groups excluding carboxylic acids is 1. The van der Waals surface area contributed by atoms with E-state index in [1.807, 2.05) is 6.92 Å². The van der Waals surface area contributed by atoms with Gasteiger partial charge in [-0.05, 0) is 19.8 Å². The van der Waals surface area contributed by atoms with Crippen LogP contribution in [-0.2, 0) is 9.53 Å². The van der Waals surface area contributed by atoms with Gasteiger partial charge >= 0.3 is 5.97 Å². The molecule has 15 heavy (non-hydrogen) atoms. The molecule has 1 saturated heterocycles. The molecule has 0 saturated carbocycles. The van der Waals surface area contributed by atoms with E-state index < -0.39 is 0 Å². The minimum absolute atomic E-state index is 0.0527. The fourth-order valence-electron chi connectivity index (χ4n) is 1.89. The molecule has 86 valence electrons. The largest absolute Gasteiger partial charge is 0.462 e. The van der Waals surface area contributed by atoms with Crippen LogP contribution in [0.2, 0.25) is 0 Å². The third kappa shape index (κ3) is 4.50. The average molecular weight is 210 g/mol. The van der Waals surface area contributed by atoms with Crippen LogP contribution in [0.25, 0.3) is 0 Å². The Balaban J connectivity index is 2.12. The zero-order valence-electron chi connectivity index (χ0n) is 9.87. The molecule has 2 unspecified atom stereocenters. The molecule has 2 heteroatoms. The summed E-state index contributed by atoms with van der Waals surface area (Å²) in [5.74, 6) is 0.256. The molecule has 1 rings (SSSR count). The van der Waals surface area contributed by atoms with Crippen molar-refractivity contribution < 1.29 is 9.53 Å². The lowest BCUT2D eigenvalue weighted by molar-refractivity contribution is -0.140. The predicted molar refractivity (Wildman–Crippen MR) is 61.6 cm³/mol. The molecule has 0 spiro atoms. The van der Waals surface area contributed by atoms with Crippen LogP contribution < -0.4 is 0 Å². The maximum atomic E-state index is 11.0. The molecule has 0 amide bonds. The van der Waals surface area contributed by atoms with Gasteiger partial charge in [-0.25, -0.2) is 0 Å². The lowest BCUT2D eigenvalue weighted by Crippen LogP contribution is -2.08. The number of unbranched alkanes of at least 4 members (excludes halogenated alkanes) is 4. The van der Waals surface area contributed by atoms with Crippen molar-refractivity contribution in [3.8, 4) is 0 Å². The normalized spacial score (nSPS) is 26.1. The summed E-state index contributed by atoms with van der Waals surface area (Å²) in [6, 6.07) is 0. The highest BCUT2D eigenvalue weighted by atomic mass is 16.5. The van der Waals surface area contributed by atoms with Gasteiger partial charge in [0.25, 0.3) is 0 Å². The number of cyclic esters (lactones) is 1. The Bertz CT molecular complexity index is 221. The van der Waals surface area contributed by atoms with Crippen LogP contribution >= 0.6 is 0 Å². The fourth-order valence-corrected chi connectivity index (χ4v) is 1.89. The van der Waals surface area contributed by atoms with Crippen LogP contribution in [0.5, 0.6) is 0 Å². The summed E-state index contributed by atoms with van der Waals surface area (Å²) in [5.41, 5.74) is 0. The molecule has 0 aromatic rings. The van der Waals surface area contributed by atoms with E-state index in [0.29, 0.717) is 12.3 Å². The van der Waals surface area contributed by atoms with E-state index >= 15 is 0 Å². The standard InChI is InChI=1S/C13H22O2/c1-3-4-5-6-7-8-9-12-10-13(14)15-11(12)2/h8-9,11-12H,3-7,10H2,1-2H3/b9-8+. The quantitative estimate of drug-likeness (QED) is 0.381. The van der Waals surface area contributed by atoms with E-state index in [2.05, 4.69) is 19.1 Å². The summed E-state index contributed by atoms with van der Waals surface area (Å²) in [4.78, 5) is 11.0. The van der Waals surface area contributed by atoms with Crippen molar-refractivity contribution >= 4 is 5.97 Å². The van der Waals surface area contributed by atoms with Crippen molar-refractivity contribution in [2.45, 2.75) is 58.5 Å². The molecular weight excluding hydrogens is 188 g/mol. The highest BCUT2D eigenvalue weighted by Crippen LogP contribution is 2.23.